The van der Waals surface area contributed by atoms with Crippen LogP contribution in [-0.2, 0) is 0 Å². The summed E-state index contributed by atoms with van der Waals surface area (Å²) in [5.74, 6) is 4.79. The van der Waals surface area contributed by atoms with Gasteiger partial charge in [-0.1, -0.05) is 357 Å². The van der Waals surface area contributed by atoms with Crippen molar-refractivity contribution in [2.75, 3.05) is 0 Å². The Balaban J connectivity index is 0.610. The van der Waals surface area contributed by atoms with E-state index in [0.29, 0.717) is 16.7 Å². The van der Waals surface area contributed by atoms with Gasteiger partial charge in [-0.15, -0.1) is 11.3 Å². The second-order valence-electron chi connectivity index (χ2n) is 38.7. The lowest BCUT2D eigenvalue weighted by Gasteiger charge is -2.32. The van der Waals surface area contributed by atoms with Crippen LogP contribution in [0.4, 0.5) is 0 Å². The van der Waals surface area contributed by atoms with Gasteiger partial charge in [0.2, 0.25) is 0 Å². The molecule has 0 N–H and O–H groups in total. The Kier molecular flexibility index (Phi) is 17.2. The quantitative estimate of drug-likeness (QED) is 0.119. The molecular formula is C132H75B3N2O7S. The molecule has 670 valence electrons. The first-order chi connectivity index (χ1) is 72.0. The molecule has 0 amide bonds. The van der Waals surface area contributed by atoms with Crippen LogP contribution in [-0.4, -0.2) is 29.3 Å². The Morgan fingerprint density at radius 1 is 0.200 bits per heavy atom. The molecule has 0 radical (unpaired) electrons. The summed E-state index contributed by atoms with van der Waals surface area (Å²) in [6, 6.07) is 165. The van der Waals surface area contributed by atoms with E-state index >= 15 is 0 Å². The molecule has 0 atom stereocenters. The molecule has 32 rings (SSSR count). The predicted molar refractivity (Wildman–Crippen MR) is 603 cm³/mol. The van der Waals surface area contributed by atoms with Crippen LogP contribution < -0.4 is 63.4 Å². The maximum atomic E-state index is 7.88. The van der Waals surface area contributed by atoms with Crippen molar-refractivity contribution in [3.63, 3.8) is 0 Å². The fourth-order valence-corrected chi connectivity index (χ4v) is 26.4. The molecule has 9 nitrogen and oxygen atoms in total. The molecule has 7 aromatic heterocycles. The minimum Gasteiger partial charge on any atom is -0.458 e. The highest BCUT2D eigenvalue weighted by atomic mass is 32.1. The van der Waals surface area contributed by atoms with E-state index in [1.807, 2.05) is 29.5 Å². The van der Waals surface area contributed by atoms with Crippen molar-refractivity contribution >= 4 is 232 Å². The standard InChI is InChI=1S/C132H75B3N2O7S/c1-9-47-98(133-99-48-10-21-60-113(99)138-114-61-22-11-49-100(114)133)92(39-1)123-128-94(86-36-6-19-58-111(86)140-128)74-96-121-79(40-30-65-118(121)143-130(96)123)76-68-70-77(71-69-76)80-41-27-46-93(125(80)134-101-50-12-23-62-115(101)139-116-63-24-13-51-102(116)134)124-129-95(87-37-7-20-59-112(87)141-129)75-97-122-89(43-31-66-119(122)144-131(97)124)90-44-29-53-104-127(90)142-117-64-25-14-52-103(117)135(104)126-109(136-105-54-15-2-32-82(105)83-33-3-16-55-106(83)136)72-78(81-42-28-45-91-88-38-8-26-67-120(88)145-132(81)91)73-110(126)137-107-56-17-4-34-84(107)85-35-5-18-57-108(85)137/h1-75H. The summed E-state index contributed by atoms with van der Waals surface area (Å²) in [4.78, 5) is 0. The number of para-hydroxylation sites is 12. The zero-order valence-electron chi connectivity index (χ0n) is 77.7. The van der Waals surface area contributed by atoms with Crippen LogP contribution in [0.1, 0.15) is 0 Å². The van der Waals surface area contributed by atoms with Crippen molar-refractivity contribution in [2.24, 2.45) is 0 Å². The summed E-state index contributed by atoms with van der Waals surface area (Å²) in [6.07, 6.45) is 0. The van der Waals surface area contributed by atoms with Gasteiger partial charge < -0.3 is 41.0 Å². The van der Waals surface area contributed by atoms with Crippen LogP contribution in [0.3, 0.4) is 0 Å². The molecule has 0 bridgehead atoms. The van der Waals surface area contributed by atoms with Crippen LogP contribution in [0.2, 0.25) is 0 Å². The third-order valence-electron chi connectivity index (χ3n) is 31.2. The van der Waals surface area contributed by atoms with E-state index in [2.05, 4.69) is 446 Å². The maximum Gasteiger partial charge on any atom is 0.256 e. The van der Waals surface area contributed by atoms with Gasteiger partial charge in [0.15, 0.2) is 0 Å². The summed E-state index contributed by atoms with van der Waals surface area (Å²) in [6.45, 7) is -0.985. The van der Waals surface area contributed by atoms with E-state index in [-0.39, 0.29) is 13.4 Å². The summed E-state index contributed by atoms with van der Waals surface area (Å²) < 4.78 is 59.1. The fourth-order valence-electron chi connectivity index (χ4n) is 25.1. The van der Waals surface area contributed by atoms with Crippen molar-refractivity contribution in [3.05, 3.63) is 455 Å². The normalized spacial score (nSPS) is 12.8. The second-order valence-corrected chi connectivity index (χ2v) is 39.7. The van der Waals surface area contributed by atoms with E-state index in [1.165, 1.54) is 47.3 Å². The van der Waals surface area contributed by atoms with Crippen LogP contribution in [0, 0.1) is 0 Å². The van der Waals surface area contributed by atoms with Crippen molar-refractivity contribution in [1.29, 1.82) is 0 Å². The fraction of sp³-hybridized carbons (Fsp3) is 0. The molecule has 3 aliphatic rings. The number of nitrogens with zero attached hydrogens (tertiary/aromatic N) is 2. The van der Waals surface area contributed by atoms with E-state index in [9.17, 15) is 0 Å². The number of benzene rings is 22. The molecule has 0 spiro atoms. The van der Waals surface area contributed by atoms with Gasteiger partial charge in [-0.2, -0.15) is 0 Å². The molecule has 0 unspecified atom stereocenters. The third-order valence-corrected chi connectivity index (χ3v) is 32.4. The Labute approximate surface area is 834 Å². The first kappa shape index (κ1) is 80.3. The average Bonchev–Trinajstić information content (AvgIpc) is 1.11. The number of hydrogen-bond acceptors (Lipinski definition) is 8. The number of aromatic nitrogens is 2. The molecule has 0 saturated carbocycles. The van der Waals surface area contributed by atoms with Crippen molar-refractivity contribution < 1.29 is 31.9 Å². The molecule has 0 fully saturated rings. The number of rotatable bonds is 11. The van der Waals surface area contributed by atoms with Crippen molar-refractivity contribution in [2.45, 2.75) is 0 Å². The van der Waals surface area contributed by atoms with E-state index in [0.717, 1.165) is 249 Å². The molecule has 13 heteroatoms. The van der Waals surface area contributed by atoms with E-state index < -0.39 is 6.71 Å². The van der Waals surface area contributed by atoms with E-state index in [1.54, 1.807) is 0 Å². The molecule has 3 aliphatic heterocycles. The average molecular weight is 1870 g/mol. The molecule has 0 aliphatic carbocycles. The first-order valence-corrected chi connectivity index (χ1v) is 50.4. The van der Waals surface area contributed by atoms with Gasteiger partial charge in [-0.3, -0.25) is 0 Å². The summed E-state index contributed by atoms with van der Waals surface area (Å²) in [5.41, 5.74) is 34.2. The van der Waals surface area contributed by atoms with Gasteiger partial charge >= 0.3 is 0 Å². The Hall–Kier alpha value is -18.5. The molecule has 29 aromatic rings. The molecule has 145 heavy (non-hydrogen) atoms. The summed E-state index contributed by atoms with van der Waals surface area (Å²) in [7, 11) is 0. The Bertz CT molecular complexity index is 10300. The number of thiophene rings is 1. The topological polar surface area (TPSA) is 90.1 Å². The predicted octanol–water partition coefficient (Wildman–Crippen LogP) is 29.7. The molecular weight excluding hydrogens is 1790 g/mol. The number of ether oxygens (including phenoxy) is 3. The van der Waals surface area contributed by atoms with Crippen LogP contribution >= 0.6 is 11.3 Å². The Morgan fingerprint density at radius 2 is 0.545 bits per heavy atom. The van der Waals surface area contributed by atoms with Crippen molar-refractivity contribution in [1.82, 2.24) is 9.13 Å². The SMILES string of the molecule is c1ccc2c(c1)Oc1ccccc1B2c1ccccc1-c1c2oc3ccccc3c2cc2c1oc1cccc(-c3ccc(-c4cccc(-c5c6oc7ccccc7c6cc6c5oc5cccc(-c7cccc8c7Oc7ccccc7B8c7c(-n8c9ccccc9c9ccccc98)cc(-c8cccc9c8sc8ccccc89)cc7-n7c8ccccc8c8ccccc87)c56)c4B4c5ccccc5Oc5ccccc54)cc3)c12. The molecule has 10 heterocycles. The summed E-state index contributed by atoms with van der Waals surface area (Å²) in [5, 5.41) is 15.1. The summed E-state index contributed by atoms with van der Waals surface area (Å²) >= 11 is 1.87. The molecule has 22 aromatic carbocycles. The minimum absolute atomic E-state index is 0.164. The monoisotopic (exact) mass is 1860 g/mol. The van der Waals surface area contributed by atoms with Gasteiger partial charge in [0.25, 0.3) is 20.1 Å². The number of furan rings is 4. The highest BCUT2D eigenvalue weighted by molar-refractivity contribution is 7.26. The van der Waals surface area contributed by atoms with Gasteiger partial charge in [0.05, 0.1) is 33.2 Å². The zero-order chi connectivity index (χ0) is 94.5. The highest BCUT2D eigenvalue weighted by Gasteiger charge is 2.43. The van der Waals surface area contributed by atoms with Crippen LogP contribution in [0.15, 0.2) is 473 Å². The van der Waals surface area contributed by atoms with E-state index in [4.69, 9.17) is 31.9 Å². The largest absolute Gasteiger partial charge is 0.458 e. The highest BCUT2D eigenvalue weighted by Crippen LogP contribution is 2.53. The Morgan fingerprint density at radius 3 is 1.09 bits per heavy atom. The van der Waals surface area contributed by atoms with Gasteiger partial charge in [-0.05, 0) is 198 Å². The maximum absolute atomic E-state index is 7.88. The van der Waals surface area contributed by atoms with Gasteiger partial charge in [0, 0.05) is 102 Å². The molecule has 0 saturated heterocycles. The minimum atomic E-state index is -0.446. The number of fused-ring (bicyclic) bond motifs is 27. The third kappa shape index (κ3) is 11.7. The van der Waals surface area contributed by atoms with Gasteiger partial charge in [-0.25, -0.2) is 0 Å². The zero-order valence-corrected chi connectivity index (χ0v) is 78.5. The van der Waals surface area contributed by atoms with Gasteiger partial charge in [0.1, 0.15) is 79.2 Å². The first-order valence-electron chi connectivity index (χ1n) is 49.6. The van der Waals surface area contributed by atoms with Crippen molar-refractivity contribution in [3.8, 4) is 113 Å². The van der Waals surface area contributed by atoms with Crippen LogP contribution in [0.25, 0.3) is 230 Å². The lowest BCUT2D eigenvalue weighted by Crippen LogP contribution is -2.57. The smallest absolute Gasteiger partial charge is 0.256 e. The lowest BCUT2D eigenvalue weighted by atomic mass is 9.34. The van der Waals surface area contributed by atoms with Crippen LogP contribution in [0.5, 0.6) is 34.5 Å². The lowest BCUT2D eigenvalue weighted by molar-refractivity contribution is 0.487. The second kappa shape index (κ2) is 31.0. The number of hydrogen-bond donors (Lipinski definition) is 0.